The predicted octanol–water partition coefficient (Wildman–Crippen LogP) is 2.45. The summed E-state index contributed by atoms with van der Waals surface area (Å²) in [6.45, 7) is 0. The number of pyridine rings is 1. The summed E-state index contributed by atoms with van der Waals surface area (Å²) in [7, 11) is 1.94. The van der Waals surface area contributed by atoms with E-state index in [0.717, 1.165) is 28.7 Å². The van der Waals surface area contributed by atoms with Crippen LogP contribution < -0.4 is 0 Å². The Labute approximate surface area is 104 Å². The molecule has 0 radical (unpaired) electrons. The second-order valence-corrected chi connectivity index (χ2v) is 4.10. The van der Waals surface area contributed by atoms with Gasteiger partial charge in [-0.15, -0.1) is 0 Å². The van der Waals surface area contributed by atoms with Crippen LogP contribution in [0, 0.1) is 0 Å². The zero-order valence-electron chi connectivity index (χ0n) is 9.87. The van der Waals surface area contributed by atoms with E-state index in [2.05, 4.69) is 9.97 Å². The molecule has 0 aliphatic rings. The maximum absolute atomic E-state index is 10.8. The van der Waals surface area contributed by atoms with Gasteiger partial charge in [-0.1, -0.05) is 0 Å². The van der Waals surface area contributed by atoms with Crippen LogP contribution >= 0.6 is 0 Å². The first-order valence-electron chi connectivity index (χ1n) is 5.61. The molecule has 88 valence electrons. The van der Waals surface area contributed by atoms with Crippen LogP contribution in [-0.4, -0.2) is 20.8 Å². The molecule has 0 bridgehead atoms. The van der Waals surface area contributed by atoms with Gasteiger partial charge < -0.3 is 4.57 Å². The molecule has 0 atom stereocenters. The number of rotatable bonds is 2. The third-order valence-electron chi connectivity index (χ3n) is 2.96. The Morgan fingerprint density at radius 2 is 2.17 bits per heavy atom. The minimum atomic E-state index is 0.656. The lowest BCUT2D eigenvalue weighted by molar-refractivity contribution is 0.112. The molecule has 18 heavy (non-hydrogen) atoms. The molecule has 4 heteroatoms. The molecule has 0 N–H and O–H groups in total. The largest absolute Gasteiger partial charge is 0.327 e. The fraction of sp³-hybridized carbons (Fsp3) is 0.0714. The zero-order valence-corrected chi connectivity index (χ0v) is 9.87. The first-order chi connectivity index (χ1) is 8.79. The average molecular weight is 237 g/mol. The molecule has 0 aliphatic carbocycles. The zero-order chi connectivity index (χ0) is 12.5. The van der Waals surface area contributed by atoms with Crippen molar-refractivity contribution in [3.63, 3.8) is 0 Å². The van der Waals surface area contributed by atoms with E-state index >= 15 is 0 Å². The van der Waals surface area contributed by atoms with Gasteiger partial charge in [0, 0.05) is 30.6 Å². The molecule has 3 aromatic rings. The van der Waals surface area contributed by atoms with Crippen LogP contribution in [0.2, 0.25) is 0 Å². The van der Waals surface area contributed by atoms with Gasteiger partial charge >= 0.3 is 0 Å². The van der Waals surface area contributed by atoms with Gasteiger partial charge in [0.2, 0.25) is 0 Å². The first kappa shape index (κ1) is 10.7. The van der Waals surface area contributed by atoms with Gasteiger partial charge in [-0.2, -0.15) is 0 Å². The number of hydrogen-bond donors (Lipinski definition) is 0. The van der Waals surface area contributed by atoms with E-state index < -0.39 is 0 Å². The van der Waals surface area contributed by atoms with E-state index in [1.807, 2.05) is 35.9 Å². The van der Waals surface area contributed by atoms with Crippen molar-refractivity contribution < 1.29 is 4.79 Å². The molecule has 1 aromatic carbocycles. The van der Waals surface area contributed by atoms with Crippen molar-refractivity contribution in [3.8, 4) is 11.4 Å². The standard InChI is InChI=1S/C14H11N3O/c1-17-13-7-10(9-18)4-5-12(13)16-14(17)11-3-2-6-15-8-11/h2-9H,1H3. The number of imidazole rings is 1. The number of aryl methyl sites for hydroxylation is 1. The number of aromatic nitrogens is 3. The predicted molar refractivity (Wildman–Crippen MR) is 69.3 cm³/mol. The summed E-state index contributed by atoms with van der Waals surface area (Å²) in [6, 6.07) is 9.32. The lowest BCUT2D eigenvalue weighted by Crippen LogP contribution is -1.93. The molecule has 0 saturated carbocycles. The summed E-state index contributed by atoms with van der Waals surface area (Å²) in [5.74, 6) is 0.848. The molecule has 0 saturated heterocycles. The van der Waals surface area contributed by atoms with Crippen LogP contribution in [0.5, 0.6) is 0 Å². The summed E-state index contributed by atoms with van der Waals surface area (Å²) in [5.41, 5.74) is 3.44. The average Bonchev–Trinajstić information content (AvgIpc) is 2.77. The van der Waals surface area contributed by atoms with Crippen molar-refractivity contribution in [2.24, 2.45) is 7.05 Å². The van der Waals surface area contributed by atoms with Gasteiger partial charge in [-0.05, 0) is 30.3 Å². The highest BCUT2D eigenvalue weighted by Crippen LogP contribution is 2.23. The Bertz CT molecular complexity index is 716. The number of aldehydes is 1. The van der Waals surface area contributed by atoms with Crippen molar-refractivity contribution >= 4 is 17.3 Å². The molecular weight excluding hydrogens is 226 g/mol. The van der Waals surface area contributed by atoms with Crippen LogP contribution in [0.4, 0.5) is 0 Å². The van der Waals surface area contributed by atoms with Gasteiger partial charge in [-0.25, -0.2) is 4.98 Å². The molecular formula is C14H11N3O. The number of benzene rings is 1. The van der Waals surface area contributed by atoms with E-state index in [9.17, 15) is 4.79 Å². The van der Waals surface area contributed by atoms with Gasteiger partial charge in [-0.3, -0.25) is 9.78 Å². The van der Waals surface area contributed by atoms with Crippen molar-refractivity contribution in [2.45, 2.75) is 0 Å². The Hall–Kier alpha value is -2.49. The number of fused-ring (bicyclic) bond motifs is 1. The van der Waals surface area contributed by atoms with Crippen LogP contribution in [0.25, 0.3) is 22.4 Å². The quantitative estimate of drug-likeness (QED) is 0.643. The summed E-state index contributed by atoms with van der Waals surface area (Å²) in [5, 5.41) is 0. The molecule has 3 rings (SSSR count). The van der Waals surface area contributed by atoms with Gasteiger partial charge in [0.15, 0.2) is 0 Å². The normalized spacial score (nSPS) is 10.7. The first-order valence-corrected chi connectivity index (χ1v) is 5.61. The van der Waals surface area contributed by atoms with Crippen molar-refractivity contribution in [1.29, 1.82) is 0 Å². The Kier molecular flexibility index (Phi) is 2.41. The van der Waals surface area contributed by atoms with Crippen molar-refractivity contribution in [2.75, 3.05) is 0 Å². The third-order valence-corrected chi connectivity index (χ3v) is 2.96. The lowest BCUT2D eigenvalue weighted by Gasteiger charge is -2.01. The van der Waals surface area contributed by atoms with E-state index in [1.165, 1.54) is 0 Å². The molecule has 0 fully saturated rings. The van der Waals surface area contributed by atoms with Crippen LogP contribution in [0.15, 0.2) is 42.7 Å². The van der Waals surface area contributed by atoms with Gasteiger partial charge in [0.25, 0.3) is 0 Å². The molecule has 2 aromatic heterocycles. The van der Waals surface area contributed by atoms with Crippen LogP contribution in [0.3, 0.4) is 0 Å². The molecule has 0 aliphatic heterocycles. The Morgan fingerprint density at radius 3 is 2.89 bits per heavy atom. The number of nitrogens with zero attached hydrogens (tertiary/aromatic N) is 3. The maximum Gasteiger partial charge on any atom is 0.150 e. The summed E-state index contributed by atoms with van der Waals surface area (Å²) in [6.07, 6.45) is 4.36. The lowest BCUT2D eigenvalue weighted by atomic mass is 10.2. The molecule has 2 heterocycles. The van der Waals surface area contributed by atoms with E-state index in [-0.39, 0.29) is 0 Å². The highest BCUT2D eigenvalue weighted by molar-refractivity contribution is 5.87. The highest BCUT2D eigenvalue weighted by Gasteiger charge is 2.09. The second-order valence-electron chi connectivity index (χ2n) is 4.10. The van der Waals surface area contributed by atoms with E-state index in [1.54, 1.807) is 18.5 Å². The van der Waals surface area contributed by atoms with Crippen molar-refractivity contribution in [1.82, 2.24) is 14.5 Å². The van der Waals surface area contributed by atoms with E-state index in [0.29, 0.717) is 5.56 Å². The highest BCUT2D eigenvalue weighted by atomic mass is 16.1. The fourth-order valence-electron chi connectivity index (χ4n) is 2.03. The molecule has 0 spiro atoms. The second kappa shape index (κ2) is 4.07. The topological polar surface area (TPSA) is 47.8 Å². The smallest absolute Gasteiger partial charge is 0.150 e. The number of carbonyl (C=O) groups excluding carboxylic acids is 1. The molecule has 4 nitrogen and oxygen atoms in total. The summed E-state index contributed by atoms with van der Waals surface area (Å²) < 4.78 is 1.97. The fourth-order valence-corrected chi connectivity index (χ4v) is 2.03. The van der Waals surface area contributed by atoms with Gasteiger partial charge in [0.1, 0.15) is 12.1 Å². The van der Waals surface area contributed by atoms with Crippen molar-refractivity contribution in [3.05, 3.63) is 48.3 Å². The maximum atomic E-state index is 10.8. The van der Waals surface area contributed by atoms with Crippen LogP contribution in [0.1, 0.15) is 10.4 Å². The third kappa shape index (κ3) is 1.59. The van der Waals surface area contributed by atoms with E-state index in [4.69, 9.17) is 0 Å². The minimum absolute atomic E-state index is 0.656. The SMILES string of the molecule is Cn1c(-c2cccnc2)nc2ccc(C=O)cc21. The summed E-state index contributed by atoms with van der Waals surface area (Å²) in [4.78, 5) is 19.5. The molecule has 0 unspecified atom stereocenters. The summed E-state index contributed by atoms with van der Waals surface area (Å²) >= 11 is 0. The monoisotopic (exact) mass is 237 g/mol. The Morgan fingerprint density at radius 1 is 1.28 bits per heavy atom. The van der Waals surface area contributed by atoms with Crippen LogP contribution in [-0.2, 0) is 7.05 Å². The Balaban J connectivity index is 2.26. The number of hydrogen-bond acceptors (Lipinski definition) is 3. The molecule has 0 amide bonds. The number of carbonyl (C=O) groups is 1. The minimum Gasteiger partial charge on any atom is -0.327 e. The van der Waals surface area contributed by atoms with Gasteiger partial charge in [0.05, 0.1) is 11.0 Å².